The van der Waals surface area contributed by atoms with E-state index in [2.05, 4.69) is 0 Å². The number of ether oxygens (including phenoxy) is 2. The van der Waals surface area contributed by atoms with Gasteiger partial charge in [0.1, 0.15) is 11.5 Å². The van der Waals surface area contributed by atoms with Gasteiger partial charge in [0.25, 0.3) is 0 Å². The molecule has 3 rings (SSSR count). The number of carbonyl (C=O) groups is 1. The molecule has 2 aromatic carbocycles. The molecule has 0 atom stereocenters. The van der Waals surface area contributed by atoms with Gasteiger partial charge in [-0.3, -0.25) is 4.79 Å². The molecule has 0 N–H and O–H groups in total. The van der Waals surface area contributed by atoms with Gasteiger partial charge in [0.15, 0.2) is 5.78 Å². The second-order valence-corrected chi connectivity index (χ2v) is 5.72. The second-order valence-electron chi connectivity index (χ2n) is 5.72. The highest BCUT2D eigenvalue weighted by Gasteiger charge is 2.23. The lowest BCUT2D eigenvalue weighted by atomic mass is 10.1. The van der Waals surface area contributed by atoms with Crippen molar-refractivity contribution in [2.75, 3.05) is 14.2 Å². The number of hydrogen-bond acceptors (Lipinski definition) is 3. The van der Waals surface area contributed by atoms with E-state index in [1.54, 1.807) is 14.2 Å². The Morgan fingerprint density at radius 2 is 1.33 bits per heavy atom. The van der Waals surface area contributed by atoms with E-state index in [1.165, 1.54) is 0 Å². The highest BCUT2D eigenvalue weighted by molar-refractivity contribution is 6.15. The first-order valence-electron chi connectivity index (χ1n) is 7.93. The summed E-state index contributed by atoms with van der Waals surface area (Å²) in [7, 11) is 3.24. The first-order valence-corrected chi connectivity index (χ1v) is 7.93. The third-order valence-electron chi connectivity index (χ3n) is 4.10. The molecule has 1 aliphatic rings. The van der Waals surface area contributed by atoms with Crippen molar-refractivity contribution in [1.29, 1.82) is 0 Å². The fraction of sp³-hybridized carbons (Fsp3) is 0.190. The molecule has 1 fully saturated rings. The number of benzene rings is 2. The number of rotatable bonds is 4. The van der Waals surface area contributed by atoms with Crippen molar-refractivity contribution in [3.05, 3.63) is 70.8 Å². The first kappa shape index (κ1) is 16.1. The quantitative estimate of drug-likeness (QED) is 0.776. The molecule has 0 amide bonds. The van der Waals surface area contributed by atoms with Crippen LogP contribution in [0.3, 0.4) is 0 Å². The van der Waals surface area contributed by atoms with Crippen LogP contribution in [0, 0.1) is 0 Å². The lowest BCUT2D eigenvalue weighted by molar-refractivity contribution is -0.111. The molecule has 3 nitrogen and oxygen atoms in total. The van der Waals surface area contributed by atoms with E-state index < -0.39 is 0 Å². The van der Waals surface area contributed by atoms with Crippen molar-refractivity contribution in [2.45, 2.75) is 12.8 Å². The maximum Gasteiger partial charge on any atom is 0.185 e. The zero-order valence-corrected chi connectivity index (χ0v) is 13.9. The van der Waals surface area contributed by atoms with Gasteiger partial charge in [0, 0.05) is 17.2 Å². The van der Waals surface area contributed by atoms with Gasteiger partial charge in [-0.1, -0.05) is 30.3 Å². The summed E-state index contributed by atoms with van der Waals surface area (Å²) in [5, 5.41) is 0. The van der Waals surface area contributed by atoms with Crippen LogP contribution in [0.5, 0.6) is 11.5 Å². The lowest BCUT2D eigenvalue weighted by Crippen LogP contribution is -1.96. The summed E-state index contributed by atoms with van der Waals surface area (Å²) < 4.78 is 10.6. The normalized spacial score (nSPS) is 17.5. The van der Waals surface area contributed by atoms with E-state index in [4.69, 9.17) is 9.47 Å². The average molecular weight is 320 g/mol. The van der Waals surface area contributed by atoms with E-state index in [0.29, 0.717) is 11.5 Å². The molecule has 0 spiro atoms. The van der Waals surface area contributed by atoms with Gasteiger partial charge in [0.05, 0.1) is 14.2 Å². The summed E-state index contributed by atoms with van der Waals surface area (Å²) in [6.07, 6.45) is 5.45. The fourth-order valence-electron chi connectivity index (χ4n) is 2.84. The molecule has 0 heterocycles. The van der Waals surface area contributed by atoms with E-state index in [-0.39, 0.29) is 5.78 Å². The molecule has 0 unspecified atom stereocenters. The molecular formula is C21H20O3. The van der Waals surface area contributed by atoms with E-state index in [9.17, 15) is 4.79 Å². The molecule has 0 saturated heterocycles. The molecule has 1 aliphatic carbocycles. The fourth-order valence-corrected chi connectivity index (χ4v) is 2.84. The van der Waals surface area contributed by atoms with Gasteiger partial charge in [-0.25, -0.2) is 0 Å². The number of allylic oxidation sites excluding steroid dienone is 2. The van der Waals surface area contributed by atoms with Crippen LogP contribution < -0.4 is 9.47 Å². The van der Waals surface area contributed by atoms with Crippen LogP contribution in [0.2, 0.25) is 0 Å². The Hall–Kier alpha value is -2.81. The van der Waals surface area contributed by atoms with Gasteiger partial charge in [-0.05, 0) is 48.3 Å². The van der Waals surface area contributed by atoms with Crippen LogP contribution in [0.15, 0.2) is 59.7 Å². The maximum absolute atomic E-state index is 12.6. The molecule has 24 heavy (non-hydrogen) atoms. The third kappa shape index (κ3) is 3.57. The zero-order chi connectivity index (χ0) is 16.9. The minimum atomic E-state index is 0.126. The Kier molecular flexibility index (Phi) is 4.80. The number of hydrogen-bond donors (Lipinski definition) is 0. The highest BCUT2D eigenvalue weighted by atomic mass is 16.5. The molecule has 1 saturated carbocycles. The van der Waals surface area contributed by atoms with Crippen LogP contribution in [0.4, 0.5) is 0 Å². The first-order chi connectivity index (χ1) is 11.7. The van der Waals surface area contributed by atoms with Gasteiger partial charge >= 0.3 is 0 Å². The predicted molar refractivity (Wildman–Crippen MR) is 96.2 cm³/mol. The molecule has 122 valence electrons. The summed E-state index contributed by atoms with van der Waals surface area (Å²) in [4.78, 5) is 12.6. The van der Waals surface area contributed by atoms with E-state index in [1.807, 2.05) is 60.7 Å². The summed E-state index contributed by atoms with van der Waals surface area (Å²) in [6.45, 7) is 0. The SMILES string of the molecule is COc1cc(C=C2CCC(=Cc3ccccc3)C2=O)cc(OC)c1. The van der Waals surface area contributed by atoms with Crippen molar-refractivity contribution >= 4 is 17.9 Å². The molecule has 0 radical (unpaired) electrons. The molecule has 0 bridgehead atoms. The number of Topliss-reactive ketones (excluding diaryl/α,β-unsaturated/α-hetero) is 1. The molecule has 0 aliphatic heterocycles. The second kappa shape index (κ2) is 7.18. The van der Waals surface area contributed by atoms with Crippen molar-refractivity contribution in [2.24, 2.45) is 0 Å². The van der Waals surface area contributed by atoms with E-state index in [0.717, 1.165) is 35.1 Å². The summed E-state index contributed by atoms with van der Waals surface area (Å²) in [6, 6.07) is 15.6. The van der Waals surface area contributed by atoms with Crippen LogP contribution in [0.1, 0.15) is 24.0 Å². The number of carbonyl (C=O) groups excluding carboxylic acids is 1. The lowest BCUT2D eigenvalue weighted by Gasteiger charge is -2.06. The Morgan fingerprint density at radius 1 is 0.792 bits per heavy atom. The van der Waals surface area contributed by atoms with Gasteiger partial charge in [-0.15, -0.1) is 0 Å². The van der Waals surface area contributed by atoms with Gasteiger partial charge in [-0.2, -0.15) is 0 Å². The topological polar surface area (TPSA) is 35.5 Å². The highest BCUT2D eigenvalue weighted by Crippen LogP contribution is 2.31. The molecule has 2 aromatic rings. The van der Waals surface area contributed by atoms with Crippen LogP contribution in [0.25, 0.3) is 12.2 Å². The Bertz CT molecular complexity index is 779. The average Bonchev–Trinajstić information content (AvgIpc) is 2.95. The van der Waals surface area contributed by atoms with Crippen LogP contribution >= 0.6 is 0 Å². The van der Waals surface area contributed by atoms with Crippen LogP contribution in [-0.4, -0.2) is 20.0 Å². The predicted octanol–water partition coefficient (Wildman–Crippen LogP) is 4.53. The van der Waals surface area contributed by atoms with Crippen molar-refractivity contribution in [3.63, 3.8) is 0 Å². The Morgan fingerprint density at radius 3 is 1.88 bits per heavy atom. The van der Waals surface area contributed by atoms with Crippen LogP contribution in [-0.2, 0) is 4.79 Å². The molecule has 0 aromatic heterocycles. The summed E-state index contributed by atoms with van der Waals surface area (Å²) in [5.41, 5.74) is 3.66. The van der Waals surface area contributed by atoms with Gasteiger partial charge in [0.2, 0.25) is 0 Å². The molecular weight excluding hydrogens is 300 g/mol. The zero-order valence-electron chi connectivity index (χ0n) is 13.9. The third-order valence-corrected chi connectivity index (χ3v) is 4.10. The van der Waals surface area contributed by atoms with Crippen molar-refractivity contribution < 1.29 is 14.3 Å². The van der Waals surface area contributed by atoms with Crippen molar-refractivity contribution in [3.8, 4) is 11.5 Å². The van der Waals surface area contributed by atoms with Gasteiger partial charge < -0.3 is 9.47 Å². The maximum atomic E-state index is 12.6. The molecule has 3 heteroatoms. The standard InChI is InChI=1S/C21H20O3/c1-23-19-12-16(13-20(14-19)24-2)11-18-9-8-17(21(18)22)10-15-6-4-3-5-7-15/h3-7,10-14H,8-9H2,1-2H3. The number of ketones is 1. The summed E-state index contributed by atoms with van der Waals surface area (Å²) >= 11 is 0. The Balaban J connectivity index is 1.87. The monoisotopic (exact) mass is 320 g/mol. The summed E-state index contributed by atoms with van der Waals surface area (Å²) in [5.74, 6) is 1.55. The minimum Gasteiger partial charge on any atom is -0.497 e. The van der Waals surface area contributed by atoms with Crippen molar-refractivity contribution in [1.82, 2.24) is 0 Å². The van der Waals surface area contributed by atoms with E-state index >= 15 is 0 Å². The minimum absolute atomic E-state index is 0.126. The largest absolute Gasteiger partial charge is 0.497 e. The Labute approximate surface area is 142 Å². The number of methoxy groups -OCH3 is 2. The smallest absolute Gasteiger partial charge is 0.185 e.